The number of hydrogen-bond donors (Lipinski definition) is 1. The first-order valence-electron chi connectivity index (χ1n) is 18.4. The number of aromatic nitrogens is 1. The zero-order valence-corrected chi connectivity index (χ0v) is 36.1. The number of benzene rings is 2. The number of rotatable bonds is 14. The van der Waals surface area contributed by atoms with Gasteiger partial charge in [0.15, 0.2) is 5.78 Å². The SMILES string of the molecule is CCC(CC)C(=O)/C=C(\O)C(CC)CC.CC[Si](CC)(CC)c1ccc(-c2sc3c(-c4[c-]c(C)cc(C)c4)nccc3c2C(C)C)cc1.[Ir]. The second-order valence-corrected chi connectivity index (χ2v) is 20.0. The van der Waals surface area contributed by atoms with Crippen LogP contribution in [0, 0.1) is 31.7 Å². The minimum absolute atomic E-state index is 0. The minimum atomic E-state index is -1.36. The largest absolute Gasteiger partial charge is 0.512 e. The van der Waals surface area contributed by atoms with Crippen LogP contribution in [-0.2, 0) is 24.9 Å². The normalized spacial score (nSPS) is 12.0. The van der Waals surface area contributed by atoms with Crippen LogP contribution in [0.5, 0.6) is 0 Å². The first kappa shape index (κ1) is 42.8. The molecule has 0 bridgehead atoms. The number of carbonyl (C=O) groups is 1. The average Bonchev–Trinajstić information content (AvgIpc) is 3.47. The zero-order valence-electron chi connectivity index (χ0n) is 31.9. The van der Waals surface area contributed by atoms with Crippen molar-refractivity contribution in [3.05, 3.63) is 83.3 Å². The van der Waals surface area contributed by atoms with Crippen LogP contribution in [0.4, 0.5) is 0 Å². The topological polar surface area (TPSA) is 50.2 Å². The molecule has 3 nitrogen and oxygen atoms in total. The molecule has 2 heterocycles. The van der Waals surface area contributed by atoms with Gasteiger partial charge in [0.25, 0.3) is 0 Å². The molecule has 0 aliphatic carbocycles. The predicted molar refractivity (Wildman–Crippen MR) is 214 cm³/mol. The molecule has 0 saturated carbocycles. The quantitative estimate of drug-likeness (QED) is 0.0594. The van der Waals surface area contributed by atoms with Gasteiger partial charge in [-0.05, 0) is 54.2 Å². The van der Waals surface area contributed by atoms with Crippen molar-refractivity contribution in [1.29, 1.82) is 0 Å². The first-order valence-corrected chi connectivity index (χ1v) is 21.8. The van der Waals surface area contributed by atoms with E-state index in [2.05, 4.69) is 97.0 Å². The Morgan fingerprint density at radius 1 is 0.878 bits per heavy atom. The summed E-state index contributed by atoms with van der Waals surface area (Å²) in [4.78, 5) is 17.9. The Morgan fingerprint density at radius 3 is 1.94 bits per heavy atom. The fourth-order valence-corrected chi connectivity index (χ4v) is 12.2. The van der Waals surface area contributed by atoms with Crippen molar-refractivity contribution in [2.45, 2.75) is 126 Å². The molecule has 0 atom stereocenters. The number of carbonyl (C=O) groups excluding carboxylic acids is 1. The molecule has 4 aromatic rings. The maximum atomic E-state index is 11.7. The number of hydrogen-bond acceptors (Lipinski definition) is 4. The molecule has 2 aromatic heterocycles. The Balaban J connectivity index is 0.000000444. The van der Waals surface area contributed by atoms with E-state index in [4.69, 9.17) is 4.98 Å². The molecule has 0 spiro atoms. The van der Waals surface area contributed by atoms with Crippen LogP contribution in [0.1, 0.15) is 111 Å². The molecule has 6 heteroatoms. The van der Waals surface area contributed by atoms with Crippen LogP contribution in [-0.4, -0.2) is 23.9 Å². The Hall–Kier alpha value is -2.37. The Bertz CT molecular complexity index is 1630. The second-order valence-electron chi connectivity index (χ2n) is 13.7. The van der Waals surface area contributed by atoms with E-state index in [1.165, 1.54) is 55.9 Å². The molecule has 1 radical (unpaired) electrons. The van der Waals surface area contributed by atoms with E-state index in [9.17, 15) is 9.90 Å². The van der Waals surface area contributed by atoms with E-state index in [-0.39, 0.29) is 43.5 Å². The molecular weight excluding hydrogens is 815 g/mol. The number of thiophene rings is 1. The average molecular weight is 875 g/mol. The van der Waals surface area contributed by atoms with Crippen molar-refractivity contribution >= 4 is 40.5 Å². The van der Waals surface area contributed by atoms with Crippen molar-refractivity contribution < 1.29 is 30.0 Å². The molecule has 0 aliphatic rings. The maximum Gasteiger partial charge on any atom is 0.162 e. The number of ketones is 1. The van der Waals surface area contributed by atoms with Crippen LogP contribution in [0.25, 0.3) is 31.8 Å². The molecule has 0 amide bonds. The first-order chi connectivity index (χ1) is 22.9. The molecule has 4 rings (SSSR count). The molecule has 269 valence electrons. The minimum Gasteiger partial charge on any atom is -0.512 e. The van der Waals surface area contributed by atoms with Crippen LogP contribution in [0.15, 0.2) is 60.5 Å². The molecule has 49 heavy (non-hydrogen) atoms. The fraction of sp³-hybridized carbons (Fsp3) is 0.488. The summed E-state index contributed by atoms with van der Waals surface area (Å²) in [6, 6.07) is 23.7. The van der Waals surface area contributed by atoms with Crippen LogP contribution >= 0.6 is 11.3 Å². The van der Waals surface area contributed by atoms with Crippen LogP contribution in [0.2, 0.25) is 18.1 Å². The standard InChI is InChI=1S/C30H36NSSi.C13H24O2.Ir/c1-8-33(9-2,10-3)25-13-11-23(12-14-25)29-27(20(4)5)26-15-16-31-28(30(26)32-29)24-18-21(6)17-22(7)19-24;1-5-10(6-2)12(14)9-13(15)11(7-3)8-4;/h11-18,20H,8-10H2,1-7H3;9-11,14H,5-8H2,1-4H3;/q-1;;/b;12-9-;. The molecule has 1 N–H and O–H groups in total. The number of aliphatic hydroxyl groups is 1. The van der Waals surface area contributed by atoms with Gasteiger partial charge in [-0.2, -0.15) is 0 Å². The van der Waals surface area contributed by atoms with Gasteiger partial charge in [-0.3, -0.25) is 4.79 Å². The third kappa shape index (κ3) is 10.1. The fourth-order valence-electron chi connectivity index (χ4n) is 7.16. The van der Waals surface area contributed by atoms with E-state index < -0.39 is 8.07 Å². The summed E-state index contributed by atoms with van der Waals surface area (Å²) in [6.07, 6.45) is 6.88. The smallest absolute Gasteiger partial charge is 0.162 e. The van der Waals surface area contributed by atoms with Crippen molar-refractivity contribution in [1.82, 2.24) is 4.98 Å². The van der Waals surface area contributed by atoms with Crippen molar-refractivity contribution in [2.24, 2.45) is 11.8 Å². The van der Waals surface area contributed by atoms with Gasteiger partial charge < -0.3 is 10.1 Å². The van der Waals surface area contributed by atoms with Gasteiger partial charge in [0.05, 0.1) is 13.8 Å². The van der Waals surface area contributed by atoms with Gasteiger partial charge in [-0.25, -0.2) is 0 Å². The Labute approximate surface area is 316 Å². The monoisotopic (exact) mass is 875 g/mol. The van der Waals surface area contributed by atoms with E-state index in [0.717, 1.165) is 42.5 Å². The van der Waals surface area contributed by atoms with Gasteiger partial charge >= 0.3 is 0 Å². The third-order valence-electron chi connectivity index (χ3n) is 10.5. The Kier molecular flexibility index (Phi) is 17.4. The summed E-state index contributed by atoms with van der Waals surface area (Å²) in [5, 5.41) is 12.7. The number of nitrogens with zero attached hydrogens (tertiary/aromatic N) is 1. The number of fused-ring (bicyclic) bond motifs is 1. The summed E-state index contributed by atoms with van der Waals surface area (Å²) >= 11 is 1.90. The van der Waals surface area contributed by atoms with Gasteiger partial charge in [-0.15, -0.1) is 46.2 Å². The zero-order chi connectivity index (χ0) is 35.6. The maximum absolute atomic E-state index is 11.7. The molecule has 2 aromatic carbocycles. The molecule has 0 aliphatic heterocycles. The van der Waals surface area contributed by atoms with Crippen LogP contribution in [0.3, 0.4) is 0 Å². The number of aliphatic hydroxyl groups excluding tert-OH is 1. The van der Waals surface area contributed by atoms with Gasteiger partial charge in [-0.1, -0.05) is 124 Å². The number of allylic oxidation sites excluding steroid dienone is 2. The summed E-state index contributed by atoms with van der Waals surface area (Å²) in [5.74, 6) is 0.994. The van der Waals surface area contributed by atoms with Crippen LogP contribution < -0.4 is 5.19 Å². The van der Waals surface area contributed by atoms with E-state index in [1.54, 1.807) is 5.19 Å². The molecule has 0 fully saturated rings. The third-order valence-corrected chi connectivity index (χ3v) is 17.4. The molecule has 0 saturated heterocycles. The van der Waals surface area contributed by atoms with E-state index in [1.807, 2.05) is 45.2 Å². The van der Waals surface area contributed by atoms with Crippen molar-refractivity contribution in [3.63, 3.8) is 0 Å². The van der Waals surface area contributed by atoms with E-state index >= 15 is 0 Å². The van der Waals surface area contributed by atoms with Crippen molar-refractivity contribution in [2.75, 3.05) is 0 Å². The summed E-state index contributed by atoms with van der Waals surface area (Å²) < 4.78 is 1.28. The number of aryl methyl sites for hydroxylation is 2. The summed E-state index contributed by atoms with van der Waals surface area (Å²) in [7, 11) is -1.36. The number of pyridine rings is 1. The predicted octanol–water partition coefficient (Wildman–Crippen LogP) is 12.8. The van der Waals surface area contributed by atoms with E-state index in [0.29, 0.717) is 5.92 Å². The second kappa shape index (κ2) is 19.9. The molecule has 0 unspecified atom stereocenters. The summed E-state index contributed by atoms with van der Waals surface area (Å²) in [6.45, 7) is 24.1. The summed E-state index contributed by atoms with van der Waals surface area (Å²) in [5.41, 5.74) is 7.36. The van der Waals surface area contributed by atoms with Gasteiger partial charge in [0.1, 0.15) is 0 Å². The Morgan fingerprint density at radius 2 is 1.45 bits per heavy atom. The van der Waals surface area contributed by atoms with Gasteiger partial charge in [0.2, 0.25) is 0 Å². The van der Waals surface area contributed by atoms with Gasteiger partial charge in [0, 0.05) is 59.5 Å². The molecular formula is C43H60IrNO2SSi-. The van der Waals surface area contributed by atoms with Crippen molar-refractivity contribution in [3.8, 4) is 21.7 Å².